The molecule has 0 spiro atoms. The number of nitrogens with two attached hydrogens (primary N) is 1. The van der Waals surface area contributed by atoms with Gasteiger partial charge in [0.1, 0.15) is 12.4 Å². The van der Waals surface area contributed by atoms with E-state index in [0.29, 0.717) is 16.7 Å². The largest absolute Gasteiger partial charge is 0.494 e. The summed E-state index contributed by atoms with van der Waals surface area (Å²) in [5.74, 6) is 7.67. The van der Waals surface area contributed by atoms with Gasteiger partial charge < -0.3 is 15.3 Å². The molecule has 3 aromatic rings. The van der Waals surface area contributed by atoms with E-state index in [4.69, 9.17) is 15.3 Å². The van der Waals surface area contributed by atoms with Gasteiger partial charge in [-0.05, 0) is 54.8 Å². The highest BCUT2D eigenvalue weighted by Gasteiger charge is 2.12. The Balaban J connectivity index is 1.62. The molecule has 0 unspecified atom stereocenters. The smallest absolute Gasteiger partial charge is 0.210 e. The fourth-order valence-corrected chi connectivity index (χ4v) is 3.43. The monoisotopic (exact) mass is 388 g/mol. The van der Waals surface area contributed by atoms with Crippen molar-refractivity contribution >= 4 is 11.8 Å². The van der Waals surface area contributed by atoms with Crippen LogP contribution >= 0.6 is 11.8 Å². The van der Waals surface area contributed by atoms with Crippen molar-refractivity contribution in [3.8, 4) is 11.5 Å². The highest BCUT2D eigenvalue weighted by atomic mass is 32.2. The second kappa shape index (κ2) is 8.30. The lowest BCUT2D eigenvalue weighted by atomic mass is 10.1. The first-order valence-corrected chi connectivity index (χ1v) is 9.30. The van der Waals surface area contributed by atoms with Crippen LogP contribution in [0.15, 0.2) is 41.6 Å². The number of methoxy groups -OCH3 is 1. The Hall–Kier alpha value is -2.74. The summed E-state index contributed by atoms with van der Waals surface area (Å²) in [6.45, 7) is 4.24. The third kappa shape index (κ3) is 4.71. The summed E-state index contributed by atoms with van der Waals surface area (Å²) in [6, 6.07) is 10.8. The summed E-state index contributed by atoms with van der Waals surface area (Å²) >= 11 is 1.37. The maximum Gasteiger partial charge on any atom is 0.210 e. The van der Waals surface area contributed by atoms with Gasteiger partial charge in [0.25, 0.3) is 0 Å². The summed E-state index contributed by atoms with van der Waals surface area (Å²) in [5, 5.41) is 8.70. The first-order valence-electron chi connectivity index (χ1n) is 8.32. The Bertz CT molecular complexity index is 925. The van der Waals surface area contributed by atoms with Gasteiger partial charge in [0.15, 0.2) is 17.4 Å². The molecule has 1 heterocycles. The summed E-state index contributed by atoms with van der Waals surface area (Å²) < 4.78 is 25.9. The number of hydrogen-bond donors (Lipinski definition) is 1. The van der Waals surface area contributed by atoms with Crippen molar-refractivity contribution in [2.24, 2.45) is 0 Å². The summed E-state index contributed by atoms with van der Waals surface area (Å²) in [7, 11) is 1.44. The Kier molecular flexibility index (Phi) is 5.85. The van der Waals surface area contributed by atoms with E-state index in [1.165, 1.54) is 29.6 Å². The number of rotatable bonds is 7. The van der Waals surface area contributed by atoms with Crippen LogP contribution in [-0.2, 0) is 12.4 Å². The second-order valence-electron chi connectivity index (χ2n) is 6.14. The molecular weight excluding hydrogens is 367 g/mol. The van der Waals surface area contributed by atoms with E-state index in [2.05, 4.69) is 16.3 Å². The molecule has 0 fully saturated rings. The van der Waals surface area contributed by atoms with Gasteiger partial charge in [-0.2, -0.15) is 0 Å². The van der Waals surface area contributed by atoms with E-state index >= 15 is 0 Å². The molecule has 8 heteroatoms. The second-order valence-corrected chi connectivity index (χ2v) is 7.08. The van der Waals surface area contributed by atoms with Crippen LogP contribution < -0.4 is 15.3 Å². The minimum atomic E-state index is -0.396. The number of aryl methyl sites for hydroxylation is 2. The van der Waals surface area contributed by atoms with Crippen LogP contribution in [0.3, 0.4) is 0 Å². The molecule has 0 aliphatic heterocycles. The van der Waals surface area contributed by atoms with Gasteiger partial charge in [0.2, 0.25) is 5.16 Å². The van der Waals surface area contributed by atoms with Crippen LogP contribution in [0.4, 0.5) is 4.39 Å². The Morgan fingerprint density at radius 3 is 2.52 bits per heavy atom. The Morgan fingerprint density at radius 1 is 1.11 bits per heavy atom. The maximum atomic E-state index is 13.8. The average Bonchev–Trinajstić information content (AvgIpc) is 2.97. The van der Waals surface area contributed by atoms with Crippen molar-refractivity contribution in [1.29, 1.82) is 0 Å². The number of aromatic nitrogens is 3. The van der Waals surface area contributed by atoms with E-state index in [1.807, 2.05) is 26.0 Å². The normalized spacial score (nSPS) is 10.8. The number of nitrogen functional groups attached to an aromatic ring is 1. The number of hydrogen-bond acceptors (Lipinski definition) is 6. The molecule has 0 atom stereocenters. The van der Waals surface area contributed by atoms with Crippen LogP contribution in [-0.4, -0.2) is 22.0 Å². The lowest BCUT2D eigenvalue weighted by molar-refractivity contribution is 0.291. The zero-order valence-electron chi connectivity index (χ0n) is 15.4. The van der Waals surface area contributed by atoms with Gasteiger partial charge >= 0.3 is 0 Å². The minimum Gasteiger partial charge on any atom is -0.494 e. The molecule has 3 rings (SSSR count). The number of halogens is 1. The molecule has 0 radical (unpaired) electrons. The average molecular weight is 388 g/mol. The molecule has 142 valence electrons. The molecule has 27 heavy (non-hydrogen) atoms. The van der Waals surface area contributed by atoms with E-state index < -0.39 is 5.82 Å². The van der Waals surface area contributed by atoms with Crippen LogP contribution in [0.1, 0.15) is 22.5 Å². The van der Waals surface area contributed by atoms with Crippen LogP contribution in [0, 0.1) is 19.7 Å². The van der Waals surface area contributed by atoms with Crippen molar-refractivity contribution in [3.63, 3.8) is 0 Å². The first-order chi connectivity index (χ1) is 13.0. The first kappa shape index (κ1) is 19.0. The molecule has 0 aliphatic carbocycles. The molecule has 0 amide bonds. The molecule has 0 saturated carbocycles. The summed E-state index contributed by atoms with van der Waals surface area (Å²) in [5.41, 5.74) is 3.05. The SMILES string of the molecule is COc1ccc(CSc2nnc(COc3cc(C)cc(C)c3)n2N)cc1F. The van der Waals surface area contributed by atoms with Crippen molar-refractivity contribution in [2.75, 3.05) is 13.0 Å². The predicted molar refractivity (Wildman–Crippen MR) is 103 cm³/mol. The fraction of sp³-hybridized carbons (Fsp3) is 0.263. The highest BCUT2D eigenvalue weighted by Crippen LogP contribution is 2.24. The minimum absolute atomic E-state index is 0.212. The Morgan fingerprint density at radius 2 is 1.85 bits per heavy atom. The van der Waals surface area contributed by atoms with Crippen molar-refractivity contribution in [2.45, 2.75) is 31.4 Å². The van der Waals surface area contributed by atoms with E-state index in [-0.39, 0.29) is 12.4 Å². The van der Waals surface area contributed by atoms with Crippen LogP contribution in [0.2, 0.25) is 0 Å². The van der Waals surface area contributed by atoms with Gasteiger partial charge in [-0.15, -0.1) is 10.2 Å². The molecule has 6 nitrogen and oxygen atoms in total. The molecule has 1 aromatic heterocycles. The lowest BCUT2D eigenvalue weighted by Crippen LogP contribution is -2.15. The van der Waals surface area contributed by atoms with E-state index in [1.54, 1.807) is 12.1 Å². The van der Waals surface area contributed by atoms with Crippen molar-refractivity contribution < 1.29 is 13.9 Å². The molecule has 0 aliphatic rings. The standard InChI is InChI=1S/C19H21FN4O2S/c1-12-6-13(2)8-15(7-12)26-10-18-22-23-19(24(18)21)27-11-14-4-5-17(25-3)16(20)9-14/h4-9H,10-11,21H2,1-3H3. The van der Waals surface area contributed by atoms with Gasteiger partial charge in [0, 0.05) is 5.75 Å². The predicted octanol–water partition coefficient (Wildman–Crippen LogP) is 3.63. The molecule has 0 bridgehead atoms. The van der Waals surface area contributed by atoms with Crippen LogP contribution in [0.5, 0.6) is 11.5 Å². The van der Waals surface area contributed by atoms with Gasteiger partial charge in [-0.3, -0.25) is 0 Å². The maximum absolute atomic E-state index is 13.8. The molecule has 2 N–H and O–H groups in total. The summed E-state index contributed by atoms with van der Waals surface area (Å²) in [6.07, 6.45) is 0. The number of thioether (sulfide) groups is 1. The van der Waals surface area contributed by atoms with Gasteiger partial charge in [0.05, 0.1) is 7.11 Å². The van der Waals surface area contributed by atoms with Crippen molar-refractivity contribution in [1.82, 2.24) is 14.9 Å². The molecule has 2 aromatic carbocycles. The zero-order valence-corrected chi connectivity index (χ0v) is 16.2. The number of nitrogens with zero attached hydrogens (tertiary/aromatic N) is 3. The van der Waals surface area contributed by atoms with E-state index in [9.17, 15) is 4.39 Å². The third-order valence-electron chi connectivity index (χ3n) is 3.88. The lowest BCUT2D eigenvalue weighted by Gasteiger charge is -2.08. The fourth-order valence-electron chi connectivity index (χ4n) is 2.62. The molecule has 0 saturated heterocycles. The quantitative estimate of drug-likeness (QED) is 0.492. The number of ether oxygens (including phenoxy) is 2. The van der Waals surface area contributed by atoms with Gasteiger partial charge in [-0.25, -0.2) is 9.07 Å². The molecular formula is C19H21FN4O2S. The van der Waals surface area contributed by atoms with Gasteiger partial charge in [-0.1, -0.05) is 23.9 Å². The summed E-state index contributed by atoms with van der Waals surface area (Å²) in [4.78, 5) is 0. The third-order valence-corrected chi connectivity index (χ3v) is 4.90. The topological polar surface area (TPSA) is 75.2 Å². The Labute approximate surface area is 161 Å². The van der Waals surface area contributed by atoms with Crippen LogP contribution in [0.25, 0.3) is 0 Å². The number of benzene rings is 2. The highest BCUT2D eigenvalue weighted by molar-refractivity contribution is 7.98. The van der Waals surface area contributed by atoms with Crippen molar-refractivity contribution in [3.05, 3.63) is 64.7 Å². The van der Waals surface area contributed by atoms with E-state index in [0.717, 1.165) is 22.4 Å². The zero-order chi connectivity index (χ0) is 19.4.